The summed E-state index contributed by atoms with van der Waals surface area (Å²) in [5.74, 6) is 0.695. The Kier molecular flexibility index (Phi) is 4.09. The zero-order valence-corrected chi connectivity index (χ0v) is 11.1. The Hall–Kier alpha value is -1.98. The molecule has 2 aromatic rings. The number of rotatable bonds is 3. The number of nitrogens with zero attached hydrogens (tertiary/aromatic N) is 2. The number of hydrogen-bond donors (Lipinski definition) is 2. The third-order valence-electron chi connectivity index (χ3n) is 2.20. The van der Waals surface area contributed by atoms with E-state index in [-0.39, 0.29) is 11.7 Å². The third-order valence-corrected chi connectivity index (χ3v) is 2.63. The minimum atomic E-state index is -0.0311. The van der Waals surface area contributed by atoms with Crippen molar-refractivity contribution < 1.29 is 9.94 Å². The first-order valence-electron chi connectivity index (χ1n) is 5.16. The van der Waals surface area contributed by atoms with Crippen LogP contribution in [0.1, 0.15) is 5.56 Å². The van der Waals surface area contributed by atoms with Gasteiger partial charge in [0.05, 0.1) is 0 Å². The molecule has 98 valence electrons. The van der Waals surface area contributed by atoms with Crippen LogP contribution in [0.4, 0.5) is 0 Å². The average Bonchev–Trinajstić information content (AvgIpc) is 2.37. The summed E-state index contributed by atoms with van der Waals surface area (Å²) in [6.45, 7) is 0. The number of oxime groups is 1. The average molecular weight is 298 g/mol. The van der Waals surface area contributed by atoms with Gasteiger partial charge in [-0.25, -0.2) is 4.98 Å². The molecule has 19 heavy (non-hydrogen) atoms. The SMILES string of the molecule is N/C(=N\O)c1ccnc(Oc2cc(Cl)cc(Cl)c2)c1. The molecule has 0 radical (unpaired) electrons. The first-order chi connectivity index (χ1) is 9.08. The first-order valence-corrected chi connectivity index (χ1v) is 5.92. The summed E-state index contributed by atoms with van der Waals surface area (Å²) in [6, 6.07) is 7.92. The molecular formula is C12H9Cl2N3O2. The predicted octanol–water partition coefficient (Wildman–Crippen LogP) is 3.28. The smallest absolute Gasteiger partial charge is 0.219 e. The lowest BCUT2D eigenvalue weighted by atomic mass is 10.2. The molecular weight excluding hydrogens is 289 g/mol. The molecule has 0 aliphatic carbocycles. The molecule has 0 saturated carbocycles. The lowest BCUT2D eigenvalue weighted by molar-refractivity contribution is 0.318. The van der Waals surface area contributed by atoms with Crippen molar-refractivity contribution in [2.75, 3.05) is 0 Å². The van der Waals surface area contributed by atoms with Gasteiger partial charge in [-0.3, -0.25) is 0 Å². The topological polar surface area (TPSA) is 80.7 Å². The van der Waals surface area contributed by atoms with Crippen molar-refractivity contribution in [1.29, 1.82) is 0 Å². The molecule has 1 heterocycles. The van der Waals surface area contributed by atoms with Crippen molar-refractivity contribution in [2.45, 2.75) is 0 Å². The summed E-state index contributed by atoms with van der Waals surface area (Å²) in [5.41, 5.74) is 5.97. The molecule has 0 atom stereocenters. The van der Waals surface area contributed by atoms with Crippen LogP contribution in [-0.4, -0.2) is 16.0 Å². The van der Waals surface area contributed by atoms with Gasteiger partial charge in [0.2, 0.25) is 5.88 Å². The lowest BCUT2D eigenvalue weighted by Gasteiger charge is -2.07. The van der Waals surface area contributed by atoms with E-state index in [4.69, 9.17) is 38.9 Å². The summed E-state index contributed by atoms with van der Waals surface area (Å²) in [4.78, 5) is 4.01. The fourth-order valence-corrected chi connectivity index (χ4v) is 1.90. The Balaban J connectivity index is 2.28. The molecule has 0 aliphatic heterocycles. The van der Waals surface area contributed by atoms with Crippen molar-refractivity contribution in [3.8, 4) is 11.6 Å². The number of pyridine rings is 1. The molecule has 0 fully saturated rings. The largest absolute Gasteiger partial charge is 0.439 e. The maximum Gasteiger partial charge on any atom is 0.219 e. The highest BCUT2D eigenvalue weighted by atomic mass is 35.5. The standard InChI is InChI=1S/C12H9Cl2N3O2/c13-8-4-9(14)6-10(5-8)19-11-3-7(1-2-16-11)12(15)17-18/h1-6,18H,(H2,15,17). The van der Waals surface area contributed by atoms with E-state index in [9.17, 15) is 0 Å². The fraction of sp³-hybridized carbons (Fsp3) is 0. The molecule has 0 amide bonds. The number of nitrogens with two attached hydrogens (primary N) is 1. The molecule has 1 aromatic heterocycles. The molecule has 3 N–H and O–H groups in total. The van der Waals surface area contributed by atoms with Crippen LogP contribution in [0.25, 0.3) is 0 Å². The van der Waals surface area contributed by atoms with Gasteiger partial charge < -0.3 is 15.7 Å². The van der Waals surface area contributed by atoms with E-state index >= 15 is 0 Å². The van der Waals surface area contributed by atoms with Gasteiger partial charge in [-0.1, -0.05) is 28.4 Å². The van der Waals surface area contributed by atoms with Gasteiger partial charge in [0.15, 0.2) is 5.84 Å². The van der Waals surface area contributed by atoms with E-state index in [2.05, 4.69) is 10.1 Å². The van der Waals surface area contributed by atoms with Crippen molar-refractivity contribution >= 4 is 29.0 Å². The van der Waals surface area contributed by atoms with Gasteiger partial charge >= 0.3 is 0 Å². The highest BCUT2D eigenvalue weighted by Crippen LogP contribution is 2.27. The molecule has 7 heteroatoms. The van der Waals surface area contributed by atoms with Crippen LogP contribution in [0.3, 0.4) is 0 Å². The Morgan fingerprint density at radius 1 is 1.21 bits per heavy atom. The molecule has 5 nitrogen and oxygen atoms in total. The molecule has 1 aromatic carbocycles. The van der Waals surface area contributed by atoms with E-state index in [1.165, 1.54) is 12.3 Å². The van der Waals surface area contributed by atoms with Gasteiger partial charge in [-0.05, 0) is 24.3 Å². The van der Waals surface area contributed by atoms with Gasteiger partial charge in [0.1, 0.15) is 5.75 Å². The number of amidine groups is 1. The quantitative estimate of drug-likeness (QED) is 0.394. The maximum atomic E-state index is 8.61. The Labute approximate surface area is 119 Å². The van der Waals surface area contributed by atoms with Crippen molar-refractivity contribution in [1.82, 2.24) is 4.98 Å². The van der Waals surface area contributed by atoms with Crippen LogP contribution >= 0.6 is 23.2 Å². The second kappa shape index (κ2) is 5.77. The molecule has 0 bridgehead atoms. The van der Waals surface area contributed by atoms with Gasteiger partial charge in [-0.2, -0.15) is 0 Å². The van der Waals surface area contributed by atoms with Crippen molar-refractivity contribution in [3.05, 3.63) is 52.1 Å². The minimum Gasteiger partial charge on any atom is -0.439 e. The van der Waals surface area contributed by atoms with Crippen LogP contribution < -0.4 is 10.5 Å². The highest BCUT2D eigenvalue weighted by Gasteiger charge is 2.05. The van der Waals surface area contributed by atoms with Crippen LogP contribution in [0.2, 0.25) is 10.0 Å². The van der Waals surface area contributed by atoms with E-state index in [1.807, 2.05) is 0 Å². The molecule has 0 aliphatic rings. The van der Waals surface area contributed by atoms with E-state index in [0.717, 1.165) is 0 Å². The predicted molar refractivity (Wildman–Crippen MR) is 73.3 cm³/mol. The van der Waals surface area contributed by atoms with E-state index in [0.29, 0.717) is 21.4 Å². The van der Waals surface area contributed by atoms with Crippen molar-refractivity contribution in [3.63, 3.8) is 0 Å². The summed E-state index contributed by atoms with van der Waals surface area (Å²) < 4.78 is 5.50. The van der Waals surface area contributed by atoms with Crippen LogP contribution in [0.15, 0.2) is 41.7 Å². The van der Waals surface area contributed by atoms with Crippen LogP contribution in [0.5, 0.6) is 11.6 Å². The summed E-state index contributed by atoms with van der Waals surface area (Å²) in [5, 5.41) is 12.4. The normalized spacial score (nSPS) is 11.4. The minimum absolute atomic E-state index is 0.0311. The van der Waals surface area contributed by atoms with Crippen LogP contribution in [-0.2, 0) is 0 Å². The highest BCUT2D eigenvalue weighted by molar-refractivity contribution is 6.34. The number of benzene rings is 1. The molecule has 2 rings (SSSR count). The van der Waals surface area contributed by atoms with E-state index in [1.54, 1.807) is 24.3 Å². The lowest BCUT2D eigenvalue weighted by Crippen LogP contribution is -2.13. The summed E-state index contributed by atoms with van der Waals surface area (Å²) in [7, 11) is 0. The fourth-order valence-electron chi connectivity index (χ4n) is 1.39. The zero-order chi connectivity index (χ0) is 13.8. The third kappa shape index (κ3) is 3.49. The van der Waals surface area contributed by atoms with Crippen LogP contribution in [0, 0.1) is 0 Å². The first kappa shape index (κ1) is 13.5. The molecule has 0 spiro atoms. The Morgan fingerprint density at radius 2 is 1.89 bits per heavy atom. The van der Waals surface area contributed by atoms with Gasteiger partial charge in [0.25, 0.3) is 0 Å². The number of aromatic nitrogens is 1. The Bertz CT molecular complexity index is 612. The Morgan fingerprint density at radius 3 is 2.53 bits per heavy atom. The van der Waals surface area contributed by atoms with E-state index < -0.39 is 0 Å². The number of halogens is 2. The summed E-state index contributed by atoms with van der Waals surface area (Å²) >= 11 is 11.7. The molecule has 0 unspecified atom stereocenters. The number of ether oxygens (including phenoxy) is 1. The van der Waals surface area contributed by atoms with Gasteiger partial charge in [0, 0.05) is 27.9 Å². The van der Waals surface area contributed by atoms with Gasteiger partial charge in [-0.15, -0.1) is 0 Å². The summed E-state index contributed by atoms with van der Waals surface area (Å²) in [6.07, 6.45) is 1.48. The van der Waals surface area contributed by atoms with Crippen molar-refractivity contribution in [2.24, 2.45) is 10.9 Å². The zero-order valence-electron chi connectivity index (χ0n) is 9.55. The second-order valence-electron chi connectivity index (χ2n) is 3.58. The maximum absolute atomic E-state index is 8.61. The molecule has 0 saturated heterocycles. The second-order valence-corrected chi connectivity index (χ2v) is 4.45. The monoisotopic (exact) mass is 297 g/mol. The number of hydrogen-bond acceptors (Lipinski definition) is 4.